The van der Waals surface area contributed by atoms with Crippen molar-refractivity contribution in [3.05, 3.63) is 23.8 Å². The number of ether oxygens (including phenoxy) is 1. The van der Waals surface area contributed by atoms with Crippen molar-refractivity contribution in [1.82, 2.24) is 5.32 Å². The van der Waals surface area contributed by atoms with Crippen LogP contribution in [0.2, 0.25) is 0 Å². The third-order valence-corrected chi connectivity index (χ3v) is 4.26. The van der Waals surface area contributed by atoms with Crippen LogP contribution in [0.1, 0.15) is 44.6 Å². The van der Waals surface area contributed by atoms with Crippen LogP contribution in [0, 0.1) is 5.92 Å². The predicted molar refractivity (Wildman–Crippen MR) is 77.5 cm³/mol. The summed E-state index contributed by atoms with van der Waals surface area (Å²) in [4.78, 5) is 0. The van der Waals surface area contributed by atoms with E-state index in [9.17, 15) is 5.11 Å². The van der Waals surface area contributed by atoms with E-state index in [-0.39, 0.29) is 0 Å². The van der Waals surface area contributed by atoms with Crippen LogP contribution in [0.4, 0.5) is 0 Å². The molecule has 1 aliphatic rings. The van der Waals surface area contributed by atoms with Crippen molar-refractivity contribution in [3.8, 4) is 11.5 Å². The second-order valence-electron chi connectivity index (χ2n) is 5.56. The van der Waals surface area contributed by atoms with E-state index in [2.05, 4.69) is 12.2 Å². The Bertz CT molecular complexity index is 400. The molecule has 0 saturated heterocycles. The molecule has 3 nitrogen and oxygen atoms in total. The topological polar surface area (TPSA) is 41.5 Å². The van der Waals surface area contributed by atoms with E-state index in [1.54, 1.807) is 19.2 Å². The van der Waals surface area contributed by atoms with Crippen LogP contribution in [-0.4, -0.2) is 18.3 Å². The molecule has 0 spiro atoms. The molecule has 0 amide bonds. The molecule has 106 valence electrons. The van der Waals surface area contributed by atoms with Gasteiger partial charge in [0, 0.05) is 18.2 Å². The van der Waals surface area contributed by atoms with Gasteiger partial charge in [-0.1, -0.05) is 19.3 Å². The maximum atomic E-state index is 9.86. The second kappa shape index (κ2) is 6.80. The average Bonchev–Trinajstić information content (AvgIpc) is 2.47. The van der Waals surface area contributed by atoms with E-state index < -0.39 is 0 Å². The van der Waals surface area contributed by atoms with E-state index >= 15 is 0 Å². The molecule has 19 heavy (non-hydrogen) atoms. The Kier molecular flexibility index (Phi) is 5.08. The molecule has 1 saturated carbocycles. The van der Waals surface area contributed by atoms with Crippen molar-refractivity contribution in [2.24, 2.45) is 5.92 Å². The van der Waals surface area contributed by atoms with Crippen LogP contribution in [0.25, 0.3) is 0 Å². The van der Waals surface area contributed by atoms with Crippen LogP contribution in [0.3, 0.4) is 0 Å². The third kappa shape index (κ3) is 3.87. The number of hydrogen-bond acceptors (Lipinski definition) is 3. The van der Waals surface area contributed by atoms with Crippen molar-refractivity contribution in [3.63, 3.8) is 0 Å². The lowest BCUT2D eigenvalue weighted by atomic mass is 9.84. The van der Waals surface area contributed by atoms with Gasteiger partial charge in [0.05, 0.1) is 7.11 Å². The lowest BCUT2D eigenvalue weighted by Crippen LogP contribution is -2.34. The average molecular weight is 263 g/mol. The zero-order valence-electron chi connectivity index (χ0n) is 12.0. The normalized spacial score (nSPS) is 18.2. The zero-order chi connectivity index (χ0) is 13.7. The van der Waals surface area contributed by atoms with Crippen LogP contribution < -0.4 is 10.1 Å². The summed E-state index contributed by atoms with van der Waals surface area (Å²) in [5.41, 5.74) is 0.905. The van der Waals surface area contributed by atoms with Gasteiger partial charge >= 0.3 is 0 Å². The molecule has 0 unspecified atom stereocenters. The highest BCUT2D eigenvalue weighted by atomic mass is 16.5. The molecule has 0 aliphatic heterocycles. The van der Waals surface area contributed by atoms with E-state index in [0.717, 1.165) is 17.2 Å². The summed E-state index contributed by atoms with van der Waals surface area (Å²) in [6.07, 6.45) is 6.78. The Balaban J connectivity index is 1.90. The fourth-order valence-corrected chi connectivity index (χ4v) is 2.90. The molecule has 0 radical (unpaired) electrons. The fraction of sp³-hybridized carbons (Fsp3) is 0.625. The molecule has 1 aromatic rings. The maximum Gasteiger partial charge on any atom is 0.120 e. The molecule has 1 aliphatic carbocycles. The van der Waals surface area contributed by atoms with Gasteiger partial charge in [-0.2, -0.15) is 0 Å². The molecule has 0 aromatic heterocycles. The Morgan fingerprint density at radius 3 is 2.74 bits per heavy atom. The van der Waals surface area contributed by atoms with Crippen LogP contribution in [0.5, 0.6) is 11.5 Å². The summed E-state index contributed by atoms with van der Waals surface area (Å²) in [5.74, 6) is 1.91. The fourth-order valence-electron chi connectivity index (χ4n) is 2.90. The Hall–Kier alpha value is -1.22. The van der Waals surface area contributed by atoms with Gasteiger partial charge in [-0.3, -0.25) is 0 Å². The number of benzene rings is 1. The summed E-state index contributed by atoms with van der Waals surface area (Å²) in [7, 11) is 1.65. The van der Waals surface area contributed by atoms with Crippen molar-refractivity contribution < 1.29 is 9.84 Å². The van der Waals surface area contributed by atoms with Crippen molar-refractivity contribution in [2.45, 2.75) is 51.6 Å². The highest BCUT2D eigenvalue weighted by Gasteiger charge is 2.19. The number of nitrogens with one attached hydrogen (secondary N) is 1. The minimum absolute atomic E-state index is 0.337. The summed E-state index contributed by atoms with van der Waals surface area (Å²) >= 11 is 0. The molecule has 2 rings (SSSR count). The predicted octanol–water partition coefficient (Wildman–Crippen LogP) is 3.46. The molecular weight excluding hydrogens is 238 g/mol. The quantitative estimate of drug-likeness (QED) is 0.855. The molecule has 3 heteroatoms. The molecule has 1 atom stereocenters. The highest BCUT2D eigenvalue weighted by molar-refractivity contribution is 5.39. The Morgan fingerprint density at radius 2 is 2.05 bits per heavy atom. The molecule has 2 N–H and O–H groups in total. The Morgan fingerprint density at radius 1 is 1.32 bits per heavy atom. The lowest BCUT2D eigenvalue weighted by Gasteiger charge is -2.28. The third-order valence-electron chi connectivity index (χ3n) is 4.26. The minimum atomic E-state index is 0.337. The largest absolute Gasteiger partial charge is 0.508 e. The number of methoxy groups -OCH3 is 1. The van der Waals surface area contributed by atoms with Gasteiger partial charge in [-0.15, -0.1) is 0 Å². The molecule has 0 heterocycles. The van der Waals surface area contributed by atoms with Gasteiger partial charge in [0.25, 0.3) is 0 Å². The molecule has 1 fully saturated rings. The highest BCUT2D eigenvalue weighted by Crippen LogP contribution is 2.27. The lowest BCUT2D eigenvalue weighted by molar-refractivity contribution is 0.280. The minimum Gasteiger partial charge on any atom is -0.508 e. The molecular formula is C16H25NO2. The number of phenolic OH excluding ortho intramolecular Hbond substituents is 1. The molecule has 0 bridgehead atoms. The van der Waals surface area contributed by atoms with Crippen molar-refractivity contribution in [2.75, 3.05) is 7.11 Å². The van der Waals surface area contributed by atoms with E-state index in [1.165, 1.54) is 32.1 Å². The summed E-state index contributed by atoms with van der Waals surface area (Å²) in [6, 6.07) is 5.88. The monoisotopic (exact) mass is 263 g/mol. The van der Waals surface area contributed by atoms with Gasteiger partial charge in [0.2, 0.25) is 0 Å². The standard InChI is InChI=1S/C16H25NO2/c1-12(13-6-4-3-5-7-13)17-11-14-10-15(19-2)8-9-16(14)18/h8-10,12-13,17-18H,3-7,11H2,1-2H3/t12-/m1/s1. The molecule has 1 aromatic carbocycles. The summed E-state index contributed by atoms with van der Waals surface area (Å²) < 4.78 is 5.19. The SMILES string of the molecule is COc1ccc(O)c(CN[C@H](C)C2CCCCC2)c1. The number of aromatic hydroxyl groups is 1. The van der Waals surface area contributed by atoms with Gasteiger partial charge in [0.15, 0.2) is 0 Å². The smallest absolute Gasteiger partial charge is 0.120 e. The van der Waals surface area contributed by atoms with Gasteiger partial charge in [0.1, 0.15) is 11.5 Å². The van der Waals surface area contributed by atoms with Gasteiger partial charge in [-0.25, -0.2) is 0 Å². The summed E-state index contributed by atoms with van der Waals surface area (Å²) in [6.45, 7) is 2.95. The number of rotatable bonds is 5. The first kappa shape index (κ1) is 14.2. The first-order valence-electron chi connectivity index (χ1n) is 7.30. The zero-order valence-corrected chi connectivity index (χ0v) is 12.0. The van der Waals surface area contributed by atoms with Crippen LogP contribution in [-0.2, 0) is 6.54 Å². The van der Waals surface area contributed by atoms with Gasteiger partial charge < -0.3 is 15.2 Å². The summed E-state index contributed by atoms with van der Waals surface area (Å²) in [5, 5.41) is 13.4. The van der Waals surface area contributed by atoms with E-state index in [4.69, 9.17) is 4.74 Å². The first-order valence-corrected chi connectivity index (χ1v) is 7.30. The number of phenols is 1. The maximum absolute atomic E-state index is 9.86. The Labute approximate surface area is 116 Å². The number of hydrogen-bond donors (Lipinski definition) is 2. The first-order chi connectivity index (χ1) is 9.20. The van der Waals surface area contributed by atoms with Crippen molar-refractivity contribution in [1.29, 1.82) is 0 Å². The van der Waals surface area contributed by atoms with Gasteiger partial charge in [-0.05, 0) is 43.9 Å². The van der Waals surface area contributed by atoms with Crippen LogP contribution in [0.15, 0.2) is 18.2 Å². The van der Waals surface area contributed by atoms with E-state index in [0.29, 0.717) is 18.3 Å². The van der Waals surface area contributed by atoms with Crippen LogP contribution >= 0.6 is 0 Å². The van der Waals surface area contributed by atoms with Crippen molar-refractivity contribution >= 4 is 0 Å². The second-order valence-corrected chi connectivity index (χ2v) is 5.56. The van der Waals surface area contributed by atoms with E-state index in [1.807, 2.05) is 6.07 Å².